The molecule has 0 bridgehead atoms. The Morgan fingerprint density at radius 3 is 2.24 bits per heavy atom. The predicted molar refractivity (Wildman–Crippen MR) is 113 cm³/mol. The van der Waals surface area contributed by atoms with Crippen LogP contribution in [0.3, 0.4) is 0 Å². The molecule has 0 saturated carbocycles. The monoisotopic (exact) mass is 397 g/mol. The summed E-state index contributed by atoms with van der Waals surface area (Å²) in [6, 6.07) is 9.22. The molecule has 1 amide bonds. The Morgan fingerprint density at radius 1 is 1.00 bits per heavy atom. The van der Waals surface area contributed by atoms with Crippen LogP contribution in [0.4, 0.5) is 5.69 Å². The highest BCUT2D eigenvalue weighted by atomic mass is 16.5. The summed E-state index contributed by atoms with van der Waals surface area (Å²) in [7, 11) is 3.10. The van der Waals surface area contributed by atoms with Crippen LogP contribution in [-0.4, -0.2) is 32.2 Å². The fourth-order valence-corrected chi connectivity index (χ4v) is 3.00. The zero-order valence-electron chi connectivity index (χ0n) is 17.7. The summed E-state index contributed by atoms with van der Waals surface area (Å²) in [5, 5.41) is 2.84. The Bertz CT molecular complexity index is 910. The molecule has 6 heteroatoms. The van der Waals surface area contributed by atoms with Gasteiger partial charge in [0.25, 0.3) is 5.91 Å². The number of rotatable bonds is 7. The van der Waals surface area contributed by atoms with Crippen molar-refractivity contribution in [3.8, 4) is 11.5 Å². The van der Waals surface area contributed by atoms with E-state index in [-0.39, 0.29) is 5.91 Å². The van der Waals surface area contributed by atoms with Crippen molar-refractivity contribution in [3.63, 3.8) is 0 Å². The number of anilines is 1. The molecule has 0 aliphatic carbocycles. The maximum absolute atomic E-state index is 12.4. The number of esters is 1. The number of ether oxygens (including phenoxy) is 3. The highest BCUT2D eigenvalue weighted by molar-refractivity contribution is 5.97. The Kier molecular flexibility index (Phi) is 7.42. The van der Waals surface area contributed by atoms with Crippen molar-refractivity contribution >= 4 is 23.6 Å². The fourth-order valence-electron chi connectivity index (χ4n) is 3.00. The number of methoxy groups -OCH3 is 2. The van der Waals surface area contributed by atoms with Crippen LogP contribution in [0.5, 0.6) is 11.5 Å². The van der Waals surface area contributed by atoms with Crippen LogP contribution in [0.15, 0.2) is 36.4 Å². The number of carbonyl (C=O) groups is 2. The third-order valence-corrected chi connectivity index (χ3v) is 4.42. The average molecular weight is 397 g/mol. The summed E-state index contributed by atoms with van der Waals surface area (Å²) in [6.45, 7) is 7.39. The van der Waals surface area contributed by atoms with Crippen molar-refractivity contribution in [2.45, 2.75) is 33.8 Å². The molecule has 0 fully saturated rings. The third kappa shape index (κ3) is 5.85. The SMILES string of the molecule is COc1ccc(OC)c(/C=C/C(=O)OC(C)C(=O)Nc2c(C)cc(C)cc2C)c1. The molecule has 0 heterocycles. The van der Waals surface area contributed by atoms with Gasteiger partial charge in [0.1, 0.15) is 11.5 Å². The quantitative estimate of drug-likeness (QED) is 0.560. The van der Waals surface area contributed by atoms with Gasteiger partial charge in [-0.2, -0.15) is 0 Å². The van der Waals surface area contributed by atoms with Crippen LogP contribution >= 0.6 is 0 Å². The Morgan fingerprint density at radius 2 is 1.66 bits per heavy atom. The number of carbonyl (C=O) groups excluding carboxylic acids is 2. The van der Waals surface area contributed by atoms with Gasteiger partial charge >= 0.3 is 5.97 Å². The van der Waals surface area contributed by atoms with Gasteiger partial charge in [0.15, 0.2) is 6.10 Å². The fraction of sp³-hybridized carbons (Fsp3) is 0.304. The second-order valence-electron chi connectivity index (χ2n) is 6.78. The molecule has 0 aliphatic rings. The van der Waals surface area contributed by atoms with Crippen LogP contribution in [0.1, 0.15) is 29.2 Å². The van der Waals surface area contributed by atoms with E-state index in [0.29, 0.717) is 17.1 Å². The molecule has 1 N–H and O–H groups in total. The topological polar surface area (TPSA) is 73.9 Å². The normalized spacial score (nSPS) is 11.8. The second-order valence-corrected chi connectivity index (χ2v) is 6.78. The summed E-state index contributed by atoms with van der Waals surface area (Å²) < 4.78 is 15.7. The standard InChI is InChI=1S/C23H27NO5/c1-14-11-15(2)22(16(3)12-14)24-23(26)17(4)29-21(25)10-7-18-13-19(27-5)8-9-20(18)28-6/h7-13,17H,1-6H3,(H,24,26)/b10-7+. The summed E-state index contributed by atoms with van der Waals surface area (Å²) >= 11 is 0. The number of hydrogen-bond donors (Lipinski definition) is 1. The lowest BCUT2D eigenvalue weighted by molar-refractivity contribution is -0.148. The third-order valence-electron chi connectivity index (χ3n) is 4.42. The van der Waals surface area contributed by atoms with Crippen molar-refractivity contribution in [1.29, 1.82) is 0 Å². The van der Waals surface area contributed by atoms with Crippen LogP contribution in [0.25, 0.3) is 6.08 Å². The molecule has 0 radical (unpaired) electrons. The van der Waals surface area contributed by atoms with Gasteiger partial charge < -0.3 is 19.5 Å². The maximum atomic E-state index is 12.4. The van der Waals surface area contributed by atoms with Gasteiger partial charge in [-0.1, -0.05) is 17.7 Å². The summed E-state index contributed by atoms with van der Waals surface area (Å²) in [6.07, 6.45) is 1.87. The van der Waals surface area contributed by atoms with Crippen molar-refractivity contribution < 1.29 is 23.8 Å². The van der Waals surface area contributed by atoms with Crippen molar-refractivity contribution in [2.75, 3.05) is 19.5 Å². The summed E-state index contributed by atoms with van der Waals surface area (Å²) in [5.74, 6) is 0.206. The van der Waals surface area contributed by atoms with E-state index in [4.69, 9.17) is 14.2 Å². The highest BCUT2D eigenvalue weighted by Crippen LogP contribution is 2.25. The lowest BCUT2D eigenvalue weighted by Gasteiger charge is -2.16. The Hall–Kier alpha value is -3.28. The van der Waals surface area contributed by atoms with E-state index >= 15 is 0 Å². The number of aryl methyl sites for hydroxylation is 3. The lowest BCUT2D eigenvalue weighted by Crippen LogP contribution is -2.30. The van der Waals surface area contributed by atoms with E-state index in [2.05, 4.69) is 5.32 Å². The molecule has 0 saturated heterocycles. The van der Waals surface area contributed by atoms with E-state index in [9.17, 15) is 9.59 Å². The minimum Gasteiger partial charge on any atom is -0.497 e. The number of hydrogen-bond acceptors (Lipinski definition) is 5. The first-order valence-electron chi connectivity index (χ1n) is 9.24. The van der Waals surface area contributed by atoms with Gasteiger partial charge in [0.05, 0.1) is 14.2 Å². The first kappa shape index (κ1) is 22.0. The lowest BCUT2D eigenvalue weighted by atomic mass is 10.0. The zero-order valence-corrected chi connectivity index (χ0v) is 17.7. The molecule has 2 aromatic rings. The molecule has 29 heavy (non-hydrogen) atoms. The van der Waals surface area contributed by atoms with Gasteiger partial charge in [0, 0.05) is 17.3 Å². The van der Waals surface area contributed by atoms with Crippen LogP contribution in [0.2, 0.25) is 0 Å². The van der Waals surface area contributed by atoms with Crippen LogP contribution < -0.4 is 14.8 Å². The highest BCUT2D eigenvalue weighted by Gasteiger charge is 2.18. The van der Waals surface area contributed by atoms with E-state index in [1.807, 2.05) is 32.9 Å². The van der Waals surface area contributed by atoms with E-state index < -0.39 is 12.1 Å². The van der Waals surface area contributed by atoms with Gasteiger partial charge in [0.2, 0.25) is 0 Å². The smallest absolute Gasteiger partial charge is 0.331 e. The number of nitrogens with one attached hydrogen (secondary N) is 1. The van der Waals surface area contributed by atoms with Gasteiger partial charge in [-0.05, 0) is 63.1 Å². The molecule has 6 nitrogen and oxygen atoms in total. The molecule has 154 valence electrons. The number of amides is 1. The first-order valence-corrected chi connectivity index (χ1v) is 9.24. The average Bonchev–Trinajstić information content (AvgIpc) is 2.68. The van der Waals surface area contributed by atoms with E-state index in [0.717, 1.165) is 22.4 Å². The molecule has 2 rings (SSSR count). The van der Waals surface area contributed by atoms with Crippen LogP contribution in [0, 0.1) is 20.8 Å². The minimum absolute atomic E-state index is 0.388. The summed E-state index contributed by atoms with van der Waals surface area (Å²) in [4.78, 5) is 24.6. The molecular weight excluding hydrogens is 370 g/mol. The Balaban J connectivity index is 2.04. The predicted octanol–water partition coefficient (Wildman–Crippen LogP) is 4.21. The van der Waals surface area contributed by atoms with Crippen molar-refractivity contribution in [1.82, 2.24) is 0 Å². The zero-order chi connectivity index (χ0) is 21.6. The second kappa shape index (κ2) is 9.78. The van der Waals surface area contributed by atoms with Crippen LogP contribution in [-0.2, 0) is 14.3 Å². The summed E-state index contributed by atoms with van der Waals surface area (Å²) in [5.41, 5.74) is 4.43. The first-order chi connectivity index (χ1) is 13.7. The molecule has 0 aromatic heterocycles. The number of benzene rings is 2. The molecule has 1 unspecified atom stereocenters. The van der Waals surface area contributed by atoms with E-state index in [1.54, 1.807) is 38.5 Å². The molecular formula is C23H27NO5. The van der Waals surface area contributed by atoms with Gasteiger partial charge in [-0.25, -0.2) is 4.79 Å². The van der Waals surface area contributed by atoms with Gasteiger partial charge in [-0.3, -0.25) is 4.79 Å². The Labute approximate surface area is 171 Å². The van der Waals surface area contributed by atoms with Crippen molar-refractivity contribution in [2.24, 2.45) is 0 Å². The van der Waals surface area contributed by atoms with Gasteiger partial charge in [-0.15, -0.1) is 0 Å². The van der Waals surface area contributed by atoms with E-state index in [1.165, 1.54) is 13.0 Å². The molecule has 0 aliphatic heterocycles. The molecule has 2 aromatic carbocycles. The maximum Gasteiger partial charge on any atom is 0.331 e. The molecule has 0 spiro atoms. The molecule has 1 atom stereocenters. The largest absolute Gasteiger partial charge is 0.497 e. The minimum atomic E-state index is -0.945. The van der Waals surface area contributed by atoms with Crippen molar-refractivity contribution in [3.05, 3.63) is 58.7 Å².